The molecule has 0 aliphatic rings. The van der Waals surface area contributed by atoms with Gasteiger partial charge in [-0.1, -0.05) is 6.92 Å². The highest BCUT2D eigenvalue weighted by molar-refractivity contribution is 5.87. The summed E-state index contributed by atoms with van der Waals surface area (Å²) in [6, 6.07) is 0. The third kappa shape index (κ3) is 2.87. The van der Waals surface area contributed by atoms with Gasteiger partial charge in [-0.3, -0.25) is 20.2 Å². The molecule has 0 unspecified atom stereocenters. The fourth-order valence-corrected chi connectivity index (χ4v) is 2.20. The minimum Gasteiger partial charge on any atom is -0.387 e. The summed E-state index contributed by atoms with van der Waals surface area (Å²) in [6.07, 6.45) is -5.36. The number of alkyl halides is 3. The number of rotatable bonds is 5. The van der Waals surface area contributed by atoms with E-state index in [4.69, 9.17) is 5.73 Å². The number of anilines is 2. The molecule has 22 heavy (non-hydrogen) atoms. The van der Waals surface area contributed by atoms with Gasteiger partial charge in [-0.25, -0.2) is 0 Å². The smallest absolute Gasteiger partial charge is 0.387 e. The zero-order chi connectivity index (χ0) is 17.2. The molecule has 0 atom stereocenters. The van der Waals surface area contributed by atoms with Crippen LogP contribution < -0.4 is 11.1 Å². The Morgan fingerprint density at radius 2 is 1.64 bits per heavy atom. The summed E-state index contributed by atoms with van der Waals surface area (Å²) in [7, 11) is 0. The molecule has 0 bridgehead atoms. The minimum atomic E-state index is -5.01. The second kappa shape index (κ2) is 6.03. The molecule has 0 aromatic heterocycles. The third-order valence-electron chi connectivity index (χ3n) is 2.94. The van der Waals surface area contributed by atoms with Crippen LogP contribution in [0.1, 0.15) is 25.0 Å². The Hall–Kier alpha value is -2.59. The van der Waals surface area contributed by atoms with Crippen molar-refractivity contribution in [2.24, 2.45) is 0 Å². The molecule has 1 aromatic rings. The largest absolute Gasteiger partial charge is 0.419 e. The lowest BCUT2D eigenvalue weighted by molar-refractivity contribution is -0.392. The molecule has 0 saturated carbocycles. The molecule has 0 saturated heterocycles. The van der Waals surface area contributed by atoms with Crippen molar-refractivity contribution in [3.05, 3.63) is 31.4 Å². The summed E-state index contributed by atoms with van der Waals surface area (Å²) < 4.78 is 39.9. The maximum absolute atomic E-state index is 13.3. The van der Waals surface area contributed by atoms with E-state index in [0.29, 0.717) is 0 Å². The minimum absolute atomic E-state index is 0.0513. The van der Waals surface area contributed by atoms with E-state index in [1.165, 1.54) is 13.8 Å². The van der Waals surface area contributed by atoms with Crippen LogP contribution in [0.4, 0.5) is 35.9 Å². The number of benzene rings is 1. The fraction of sp³-hybridized carbons (Fsp3) is 0.455. The van der Waals surface area contributed by atoms with E-state index < -0.39 is 49.9 Å². The zero-order valence-corrected chi connectivity index (χ0v) is 11.7. The molecule has 0 heterocycles. The molecule has 8 nitrogen and oxygen atoms in total. The van der Waals surface area contributed by atoms with Crippen molar-refractivity contribution >= 4 is 22.7 Å². The second-order valence-corrected chi connectivity index (χ2v) is 4.24. The highest BCUT2D eigenvalue weighted by Gasteiger charge is 2.45. The van der Waals surface area contributed by atoms with Gasteiger partial charge in [-0.2, -0.15) is 13.2 Å². The Morgan fingerprint density at radius 1 is 1.14 bits per heavy atom. The molecule has 0 amide bonds. The summed E-state index contributed by atoms with van der Waals surface area (Å²) in [5.74, 6) is 0. The maximum atomic E-state index is 13.3. The van der Waals surface area contributed by atoms with E-state index in [1.807, 2.05) is 0 Å². The van der Waals surface area contributed by atoms with Gasteiger partial charge in [-0.15, -0.1) is 0 Å². The Bertz CT molecular complexity index is 631. The quantitative estimate of drug-likeness (QED) is 0.487. The van der Waals surface area contributed by atoms with Crippen LogP contribution in [0.2, 0.25) is 0 Å². The number of nitrogens with zero attached hydrogens (tertiary/aromatic N) is 2. The Balaban J connectivity index is 4.08. The molecule has 1 rings (SSSR count). The number of nitrogens with two attached hydrogens (primary N) is 1. The summed E-state index contributed by atoms with van der Waals surface area (Å²) in [5, 5.41) is 24.4. The highest BCUT2D eigenvalue weighted by Crippen LogP contribution is 2.50. The summed E-state index contributed by atoms with van der Waals surface area (Å²) >= 11 is 0. The van der Waals surface area contributed by atoms with Crippen LogP contribution in [0.25, 0.3) is 0 Å². The van der Waals surface area contributed by atoms with Crippen molar-refractivity contribution in [1.82, 2.24) is 0 Å². The summed E-state index contributed by atoms with van der Waals surface area (Å²) in [4.78, 5) is 19.8. The molecular weight excluding hydrogens is 309 g/mol. The summed E-state index contributed by atoms with van der Waals surface area (Å²) in [5.41, 5.74) is -0.657. The molecule has 1 aromatic carbocycles. The number of hydrogen-bond acceptors (Lipinski definition) is 6. The number of nitro groups is 2. The number of nitrogens with one attached hydrogen (secondary N) is 1. The predicted octanol–water partition coefficient (Wildman–Crippen LogP) is 3.10. The van der Waals surface area contributed by atoms with Crippen LogP contribution in [-0.2, 0) is 12.6 Å². The van der Waals surface area contributed by atoms with E-state index in [2.05, 4.69) is 5.32 Å². The van der Waals surface area contributed by atoms with Crippen molar-refractivity contribution in [3.63, 3.8) is 0 Å². The molecule has 0 fully saturated rings. The lowest BCUT2D eigenvalue weighted by atomic mass is 9.97. The highest BCUT2D eigenvalue weighted by atomic mass is 19.4. The van der Waals surface area contributed by atoms with E-state index in [9.17, 15) is 33.4 Å². The van der Waals surface area contributed by atoms with Gasteiger partial charge in [0.1, 0.15) is 5.69 Å². The Labute approximate surface area is 122 Å². The van der Waals surface area contributed by atoms with Gasteiger partial charge in [0.2, 0.25) is 0 Å². The predicted molar refractivity (Wildman–Crippen MR) is 72.7 cm³/mol. The zero-order valence-electron chi connectivity index (χ0n) is 11.7. The number of nitrogen functional groups attached to an aromatic ring is 1. The molecule has 3 N–H and O–H groups in total. The number of hydrogen-bond donors (Lipinski definition) is 2. The Morgan fingerprint density at radius 3 is 1.95 bits per heavy atom. The first kappa shape index (κ1) is 17.5. The van der Waals surface area contributed by atoms with Crippen molar-refractivity contribution in [2.75, 3.05) is 17.6 Å². The van der Waals surface area contributed by atoms with Gasteiger partial charge >= 0.3 is 17.6 Å². The average Bonchev–Trinajstić information content (AvgIpc) is 2.35. The van der Waals surface area contributed by atoms with Gasteiger partial charge in [0.05, 0.1) is 15.4 Å². The van der Waals surface area contributed by atoms with E-state index in [-0.39, 0.29) is 13.0 Å². The summed E-state index contributed by atoms with van der Waals surface area (Å²) in [6.45, 7) is 2.66. The van der Waals surface area contributed by atoms with E-state index in [1.54, 1.807) is 0 Å². The van der Waals surface area contributed by atoms with Crippen LogP contribution in [-0.4, -0.2) is 16.4 Å². The van der Waals surface area contributed by atoms with E-state index in [0.717, 1.165) is 0 Å². The van der Waals surface area contributed by atoms with Crippen molar-refractivity contribution in [3.8, 4) is 0 Å². The van der Waals surface area contributed by atoms with Gasteiger partial charge in [0.15, 0.2) is 5.69 Å². The first-order chi connectivity index (χ1) is 10.1. The number of halogens is 3. The molecule has 0 aliphatic carbocycles. The molecule has 122 valence electrons. The normalized spacial score (nSPS) is 11.3. The first-order valence-corrected chi connectivity index (χ1v) is 6.15. The van der Waals surface area contributed by atoms with Crippen molar-refractivity contribution in [2.45, 2.75) is 26.4 Å². The van der Waals surface area contributed by atoms with Crippen LogP contribution >= 0.6 is 0 Å². The standard InChI is InChI=1S/C11H13F3N4O4/c1-3-5-6(11(12,13)14)8(16-4-2)10(18(21)22)7(15)9(5)17(19)20/h16H,3-4,15H2,1-2H3. The van der Waals surface area contributed by atoms with Gasteiger partial charge in [-0.05, 0) is 13.3 Å². The topological polar surface area (TPSA) is 124 Å². The molecule has 0 spiro atoms. The fourth-order valence-electron chi connectivity index (χ4n) is 2.20. The van der Waals surface area contributed by atoms with Gasteiger partial charge < -0.3 is 11.1 Å². The Kier molecular flexibility index (Phi) is 4.79. The van der Waals surface area contributed by atoms with Crippen molar-refractivity contribution < 1.29 is 23.0 Å². The molecular formula is C11H13F3N4O4. The van der Waals surface area contributed by atoms with Crippen LogP contribution in [0, 0.1) is 20.2 Å². The SMILES string of the molecule is CCNc1c([N+](=O)[O-])c(N)c([N+](=O)[O-])c(CC)c1C(F)(F)F. The third-order valence-corrected chi connectivity index (χ3v) is 2.94. The molecule has 0 radical (unpaired) electrons. The molecule has 0 aliphatic heterocycles. The molecule has 11 heteroatoms. The monoisotopic (exact) mass is 322 g/mol. The lowest BCUT2D eigenvalue weighted by Gasteiger charge is -2.19. The van der Waals surface area contributed by atoms with Crippen LogP contribution in [0.15, 0.2) is 0 Å². The van der Waals surface area contributed by atoms with Crippen LogP contribution in [0.3, 0.4) is 0 Å². The van der Waals surface area contributed by atoms with E-state index >= 15 is 0 Å². The number of nitro benzene ring substituents is 2. The van der Waals surface area contributed by atoms with Crippen LogP contribution in [0.5, 0.6) is 0 Å². The maximum Gasteiger partial charge on any atom is 0.419 e. The average molecular weight is 322 g/mol. The second-order valence-electron chi connectivity index (χ2n) is 4.24. The lowest BCUT2D eigenvalue weighted by Crippen LogP contribution is -2.18. The van der Waals surface area contributed by atoms with Gasteiger partial charge in [0.25, 0.3) is 0 Å². The van der Waals surface area contributed by atoms with Crippen molar-refractivity contribution in [1.29, 1.82) is 0 Å². The first-order valence-electron chi connectivity index (χ1n) is 6.15. The van der Waals surface area contributed by atoms with Gasteiger partial charge in [0, 0.05) is 12.1 Å².